The molecular formula is C15H14N4O2. The molecule has 2 N–H and O–H groups in total. The van der Waals surface area contributed by atoms with E-state index in [1.54, 1.807) is 12.3 Å². The summed E-state index contributed by atoms with van der Waals surface area (Å²) in [5, 5.41) is 15.1. The number of rotatable bonds is 5. The highest BCUT2D eigenvalue weighted by atomic mass is 16.6. The Morgan fingerprint density at radius 3 is 2.95 bits per heavy atom. The molecule has 0 aliphatic carbocycles. The number of aromatic nitrogens is 2. The fourth-order valence-electron chi connectivity index (χ4n) is 2.33. The van der Waals surface area contributed by atoms with Gasteiger partial charge in [-0.15, -0.1) is 0 Å². The van der Waals surface area contributed by atoms with Gasteiger partial charge in [0.1, 0.15) is 0 Å². The summed E-state index contributed by atoms with van der Waals surface area (Å²) in [4.78, 5) is 17.7. The van der Waals surface area contributed by atoms with Crippen LogP contribution < -0.4 is 5.32 Å². The standard InChI is InChI=1S/C15H14N4O2/c20-19(21)14-6-3-8-16-15(14)17-9-7-11-10-18-13-5-2-1-4-12(11)13/h1-6,8,10,18H,7,9H2,(H,16,17). The monoisotopic (exact) mass is 282 g/mol. The highest BCUT2D eigenvalue weighted by Crippen LogP contribution is 2.21. The van der Waals surface area contributed by atoms with E-state index in [1.807, 2.05) is 24.4 Å². The summed E-state index contributed by atoms with van der Waals surface area (Å²) in [7, 11) is 0. The molecule has 0 aliphatic rings. The van der Waals surface area contributed by atoms with Crippen molar-refractivity contribution in [1.29, 1.82) is 0 Å². The number of hydrogen-bond donors (Lipinski definition) is 2. The van der Waals surface area contributed by atoms with Gasteiger partial charge in [-0.05, 0) is 24.1 Å². The normalized spacial score (nSPS) is 10.7. The van der Waals surface area contributed by atoms with Crippen LogP contribution in [-0.2, 0) is 6.42 Å². The number of aromatic amines is 1. The smallest absolute Gasteiger partial charge is 0.311 e. The van der Waals surface area contributed by atoms with Gasteiger partial charge in [0, 0.05) is 35.9 Å². The van der Waals surface area contributed by atoms with Crippen molar-refractivity contribution in [1.82, 2.24) is 9.97 Å². The number of nitrogens with one attached hydrogen (secondary N) is 2. The summed E-state index contributed by atoms with van der Waals surface area (Å²) in [5.74, 6) is 0.308. The van der Waals surface area contributed by atoms with Crippen LogP contribution in [-0.4, -0.2) is 21.4 Å². The lowest BCUT2D eigenvalue weighted by Gasteiger charge is -2.05. The Morgan fingerprint density at radius 1 is 1.24 bits per heavy atom. The second-order valence-electron chi connectivity index (χ2n) is 4.66. The maximum atomic E-state index is 10.9. The molecule has 0 spiro atoms. The van der Waals surface area contributed by atoms with Gasteiger partial charge in [-0.25, -0.2) is 4.98 Å². The number of hydrogen-bond acceptors (Lipinski definition) is 4. The highest BCUT2D eigenvalue weighted by molar-refractivity contribution is 5.83. The van der Waals surface area contributed by atoms with Crippen molar-refractivity contribution >= 4 is 22.4 Å². The molecule has 0 amide bonds. The van der Waals surface area contributed by atoms with Crippen molar-refractivity contribution < 1.29 is 4.92 Å². The van der Waals surface area contributed by atoms with Gasteiger partial charge in [0.2, 0.25) is 5.82 Å². The SMILES string of the molecule is O=[N+]([O-])c1cccnc1NCCc1c[nH]c2ccccc12. The molecule has 0 unspecified atom stereocenters. The quantitative estimate of drug-likeness (QED) is 0.556. The minimum absolute atomic E-state index is 0.00331. The largest absolute Gasteiger partial charge is 0.364 e. The third-order valence-electron chi connectivity index (χ3n) is 3.34. The van der Waals surface area contributed by atoms with E-state index < -0.39 is 4.92 Å². The zero-order valence-corrected chi connectivity index (χ0v) is 11.2. The lowest BCUT2D eigenvalue weighted by Crippen LogP contribution is -2.08. The number of para-hydroxylation sites is 1. The molecule has 3 rings (SSSR count). The summed E-state index contributed by atoms with van der Waals surface area (Å²) in [6.45, 7) is 0.583. The minimum Gasteiger partial charge on any atom is -0.364 e. The summed E-state index contributed by atoms with van der Waals surface area (Å²) in [6.07, 6.45) is 4.28. The van der Waals surface area contributed by atoms with Crippen LogP contribution in [0.15, 0.2) is 48.8 Å². The van der Waals surface area contributed by atoms with Crippen molar-refractivity contribution in [3.05, 3.63) is 64.5 Å². The molecule has 106 valence electrons. The highest BCUT2D eigenvalue weighted by Gasteiger charge is 2.13. The van der Waals surface area contributed by atoms with Crippen LogP contribution in [0.25, 0.3) is 10.9 Å². The number of H-pyrrole nitrogens is 1. The number of pyridine rings is 1. The van der Waals surface area contributed by atoms with Crippen molar-refractivity contribution in [3.8, 4) is 0 Å². The fraction of sp³-hybridized carbons (Fsp3) is 0.133. The van der Waals surface area contributed by atoms with E-state index in [9.17, 15) is 10.1 Å². The van der Waals surface area contributed by atoms with Crippen LogP contribution >= 0.6 is 0 Å². The van der Waals surface area contributed by atoms with Gasteiger partial charge in [0.05, 0.1) is 4.92 Å². The predicted octanol–water partition coefficient (Wildman–Crippen LogP) is 3.13. The van der Waals surface area contributed by atoms with E-state index in [2.05, 4.69) is 21.4 Å². The molecule has 0 aliphatic heterocycles. The molecule has 6 heteroatoms. The first-order chi connectivity index (χ1) is 10.3. The molecule has 0 saturated heterocycles. The van der Waals surface area contributed by atoms with Crippen LogP contribution in [0.2, 0.25) is 0 Å². The van der Waals surface area contributed by atoms with Crippen LogP contribution in [0.4, 0.5) is 11.5 Å². The van der Waals surface area contributed by atoms with Crippen molar-refractivity contribution in [2.24, 2.45) is 0 Å². The molecule has 0 atom stereocenters. The second-order valence-corrected chi connectivity index (χ2v) is 4.66. The molecule has 0 radical (unpaired) electrons. The lowest BCUT2D eigenvalue weighted by molar-refractivity contribution is -0.384. The van der Waals surface area contributed by atoms with E-state index in [-0.39, 0.29) is 5.69 Å². The van der Waals surface area contributed by atoms with Crippen molar-refractivity contribution in [2.75, 3.05) is 11.9 Å². The van der Waals surface area contributed by atoms with Crippen LogP contribution in [0.5, 0.6) is 0 Å². The van der Waals surface area contributed by atoms with Crippen LogP contribution in [0, 0.1) is 10.1 Å². The molecule has 0 bridgehead atoms. The first kappa shape index (κ1) is 13.1. The van der Waals surface area contributed by atoms with E-state index >= 15 is 0 Å². The van der Waals surface area contributed by atoms with Crippen molar-refractivity contribution in [2.45, 2.75) is 6.42 Å². The predicted molar refractivity (Wildman–Crippen MR) is 81.4 cm³/mol. The van der Waals surface area contributed by atoms with Gasteiger partial charge in [-0.2, -0.15) is 0 Å². The van der Waals surface area contributed by atoms with Gasteiger partial charge >= 0.3 is 5.69 Å². The maximum Gasteiger partial charge on any atom is 0.311 e. The second kappa shape index (κ2) is 5.62. The Hall–Kier alpha value is -2.89. The zero-order chi connectivity index (χ0) is 14.7. The van der Waals surface area contributed by atoms with Gasteiger partial charge in [-0.3, -0.25) is 10.1 Å². The zero-order valence-electron chi connectivity index (χ0n) is 11.2. The Kier molecular flexibility index (Phi) is 3.51. The third-order valence-corrected chi connectivity index (χ3v) is 3.34. The van der Waals surface area contributed by atoms with Crippen LogP contribution in [0.3, 0.4) is 0 Å². The number of benzene rings is 1. The first-order valence-electron chi connectivity index (χ1n) is 6.64. The summed E-state index contributed by atoms with van der Waals surface area (Å²) < 4.78 is 0. The van der Waals surface area contributed by atoms with E-state index in [0.717, 1.165) is 11.9 Å². The molecule has 1 aromatic carbocycles. The Labute approximate surface area is 121 Å². The summed E-state index contributed by atoms with van der Waals surface area (Å²) in [6, 6.07) is 11.1. The van der Waals surface area contributed by atoms with Gasteiger partial charge in [0.25, 0.3) is 0 Å². The molecule has 6 nitrogen and oxygen atoms in total. The van der Waals surface area contributed by atoms with E-state index in [0.29, 0.717) is 12.4 Å². The molecule has 21 heavy (non-hydrogen) atoms. The summed E-state index contributed by atoms with van der Waals surface area (Å²) in [5.41, 5.74) is 2.27. The lowest BCUT2D eigenvalue weighted by atomic mass is 10.1. The molecule has 2 heterocycles. The average Bonchev–Trinajstić information content (AvgIpc) is 2.91. The van der Waals surface area contributed by atoms with Gasteiger partial charge in [0.15, 0.2) is 0 Å². The molecule has 2 aromatic heterocycles. The molecular weight excluding hydrogens is 268 g/mol. The number of nitrogens with zero attached hydrogens (tertiary/aromatic N) is 2. The fourth-order valence-corrected chi connectivity index (χ4v) is 2.33. The summed E-state index contributed by atoms with van der Waals surface area (Å²) >= 11 is 0. The van der Waals surface area contributed by atoms with E-state index in [1.165, 1.54) is 17.0 Å². The minimum atomic E-state index is -0.430. The van der Waals surface area contributed by atoms with Crippen LogP contribution in [0.1, 0.15) is 5.56 Å². The van der Waals surface area contributed by atoms with Crippen molar-refractivity contribution in [3.63, 3.8) is 0 Å². The maximum absolute atomic E-state index is 10.9. The first-order valence-corrected chi connectivity index (χ1v) is 6.64. The third kappa shape index (κ3) is 2.69. The van der Waals surface area contributed by atoms with Gasteiger partial charge < -0.3 is 10.3 Å². The van der Waals surface area contributed by atoms with Gasteiger partial charge in [-0.1, -0.05) is 18.2 Å². The number of anilines is 1. The molecule has 0 saturated carbocycles. The molecule has 0 fully saturated rings. The average molecular weight is 282 g/mol. The number of fused-ring (bicyclic) bond motifs is 1. The Morgan fingerprint density at radius 2 is 2.10 bits per heavy atom. The Bertz CT molecular complexity index is 782. The number of nitro groups is 1. The molecule has 3 aromatic rings. The van der Waals surface area contributed by atoms with E-state index in [4.69, 9.17) is 0 Å². The topological polar surface area (TPSA) is 83.8 Å². The Balaban J connectivity index is 1.71.